The highest BCUT2D eigenvalue weighted by atomic mass is 16.5. The molecule has 124 valence electrons. The van der Waals surface area contributed by atoms with E-state index in [0.717, 1.165) is 32.7 Å². The van der Waals surface area contributed by atoms with Crippen LogP contribution in [0.5, 0.6) is 0 Å². The van der Waals surface area contributed by atoms with E-state index >= 15 is 0 Å². The van der Waals surface area contributed by atoms with Gasteiger partial charge in [-0.1, -0.05) is 18.2 Å². The number of benzene rings is 1. The molecule has 1 aliphatic rings. The highest BCUT2D eigenvalue weighted by Crippen LogP contribution is 2.18. The monoisotopic (exact) mass is 315 g/mol. The van der Waals surface area contributed by atoms with E-state index in [1.165, 1.54) is 16.6 Å². The maximum atomic E-state index is 12.2. The van der Waals surface area contributed by atoms with E-state index in [9.17, 15) is 4.79 Å². The molecule has 0 aliphatic carbocycles. The van der Waals surface area contributed by atoms with E-state index < -0.39 is 0 Å². The summed E-state index contributed by atoms with van der Waals surface area (Å²) in [6.45, 7) is 5.87. The van der Waals surface area contributed by atoms with E-state index in [2.05, 4.69) is 41.1 Å². The molecule has 1 atom stereocenters. The summed E-state index contributed by atoms with van der Waals surface area (Å²) in [5.74, 6) is 0.474. The summed E-state index contributed by atoms with van der Waals surface area (Å²) in [4.78, 5) is 13.9. The normalized spacial score (nSPS) is 17.6. The van der Waals surface area contributed by atoms with Crippen LogP contribution < -0.4 is 5.32 Å². The minimum absolute atomic E-state index is 0.00832. The predicted octanol–water partition coefficient (Wildman–Crippen LogP) is 2.63. The van der Waals surface area contributed by atoms with Crippen molar-refractivity contribution in [2.24, 2.45) is 5.92 Å². The van der Waals surface area contributed by atoms with Crippen molar-refractivity contribution in [1.82, 2.24) is 14.8 Å². The van der Waals surface area contributed by atoms with Crippen molar-refractivity contribution in [3.8, 4) is 0 Å². The van der Waals surface area contributed by atoms with Gasteiger partial charge in [-0.05, 0) is 30.9 Å². The van der Waals surface area contributed by atoms with Gasteiger partial charge in [0.15, 0.2) is 0 Å². The van der Waals surface area contributed by atoms with Crippen molar-refractivity contribution in [3.05, 3.63) is 36.0 Å². The van der Waals surface area contributed by atoms with Crippen LogP contribution in [0.2, 0.25) is 0 Å². The van der Waals surface area contributed by atoms with Crippen LogP contribution in [0.15, 0.2) is 30.3 Å². The quantitative estimate of drug-likeness (QED) is 0.922. The first-order chi connectivity index (χ1) is 11.1. The molecule has 0 radical (unpaired) electrons. The maximum absolute atomic E-state index is 12.2. The molecule has 23 heavy (non-hydrogen) atoms. The van der Waals surface area contributed by atoms with Crippen LogP contribution in [0.1, 0.15) is 12.1 Å². The second-order valence-electron chi connectivity index (χ2n) is 6.34. The van der Waals surface area contributed by atoms with Crippen molar-refractivity contribution in [1.29, 1.82) is 0 Å². The number of para-hydroxylation sites is 1. The third-order valence-electron chi connectivity index (χ3n) is 4.53. The number of ether oxygens (including phenoxy) is 1. The van der Waals surface area contributed by atoms with Gasteiger partial charge in [-0.15, -0.1) is 0 Å². The number of carbonyl (C=O) groups excluding carboxylic acids is 1. The summed E-state index contributed by atoms with van der Waals surface area (Å²) in [6, 6.07) is 10.5. The molecule has 3 rings (SSSR count). The fourth-order valence-corrected chi connectivity index (χ4v) is 3.25. The zero-order valence-corrected chi connectivity index (χ0v) is 13.9. The van der Waals surface area contributed by atoms with E-state index in [0.29, 0.717) is 12.5 Å². The Kier molecular flexibility index (Phi) is 4.86. The second kappa shape index (κ2) is 7.04. The van der Waals surface area contributed by atoms with Crippen LogP contribution >= 0.6 is 0 Å². The first kappa shape index (κ1) is 15.9. The Morgan fingerprint density at radius 3 is 3.04 bits per heavy atom. The average Bonchev–Trinajstić information content (AvgIpc) is 3.15. The molecule has 1 N–H and O–H groups in total. The number of nitrogens with one attached hydrogen (secondary N) is 1. The van der Waals surface area contributed by atoms with Crippen LogP contribution in [0.25, 0.3) is 10.9 Å². The number of rotatable bonds is 5. The van der Waals surface area contributed by atoms with Gasteiger partial charge in [-0.3, -0.25) is 0 Å². The molecule has 0 spiro atoms. The third kappa shape index (κ3) is 3.67. The first-order valence-corrected chi connectivity index (χ1v) is 8.26. The number of aryl methyl sites for hydroxylation is 1. The zero-order valence-electron chi connectivity index (χ0n) is 13.9. The van der Waals surface area contributed by atoms with Gasteiger partial charge in [0.05, 0.1) is 6.61 Å². The molecule has 2 amide bonds. The van der Waals surface area contributed by atoms with Crippen molar-refractivity contribution < 1.29 is 9.53 Å². The number of carbonyl (C=O) groups is 1. The minimum atomic E-state index is -0.00832. The molecule has 1 saturated heterocycles. The number of hydrogen-bond acceptors (Lipinski definition) is 2. The lowest BCUT2D eigenvalue weighted by Crippen LogP contribution is -2.41. The number of amides is 2. The highest BCUT2D eigenvalue weighted by molar-refractivity contribution is 5.81. The van der Waals surface area contributed by atoms with Gasteiger partial charge in [-0.2, -0.15) is 0 Å². The minimum Gasteiger partial charge on any atom is -0.381 e. The van der Waals surface area contributed by atoms with E-state index in [4.69, 9.17) is 4.74 Å². The number of fused-ring (bicyclic) bond motifs is 1. The fraction of sp³-hybridized carbons (Fsp3) is 0.500. The van der Waals surface area contributed by atoms with Gasteiger partial charge in [0.2, 0.25) is 0 Å². The van der Waals surface area contributed by atoms with Gasteiger partial charge in [0.25, 0.3) is 0 Å². The molecule has 1 aliphatic heterocycles. The Labute approximate surface area is 137 Å². The summed E-state index contributed by atoms with van der Waals surface area (Å²) in [5.41, 5.74) is 2.44. The molecule has 5 heteroatoms. The lowest BCUT2D eigenvalue weighted by molar-refractivity contribution is 0.171. The summed E-state index contributed by atoms with van der Waals surface area (Å²) in [6.07, 6.45) is 1.05. The Morgan fingerprint density at radius 1 is 1.43 bits per heavy atom. The van der Waals surface area contributed by atoms with Crippen molar-refractivity contribution in [2.45, 2.75) is 19.9 Å². The summed E-state index contributed by atoms with van der Waals surface area (Å²) in [7, 11) is 1.85. The largest absolute Gasteiger partial charge is 0.381 e. The van der Waals surface area contributed by atoms with Crippen LogP contribution in [-0.2, 0) is 11.3 Å². The van der Waals surface area contributed by atoms with Gasteiger partial charge < -0.3 is 19.5 Å². The topological polar surface area (TPSA) is 46.5 Å². The average molecular weight is 315 g/mol. The van der Waals surface area contributed by atoms with Gasteiger partial charge in [-0.25, -0.2) is 4.79 Å². The molecule has 0 unspecified atom stereocenters. The second-order valence-corrected chi connectivity index (χ2v) is 6.34. The molecule has 5 nitrogen and oxygen atoms in total. The molecule has 2 aromatic rings. The van der Waals surface area contributed by atoms with Gasteiger partial charge >= 0.3 is 6.03 Å². The molecule has 2 heterocycles. The number of nitrogens with zero attached hydrogens (tertiary/aromatic N) is 2. The van der Waals surface area contributed by atoms with Gasteiger partial charge in [0.1, 0.15) is 0 Å². The van der Waals surface area contributed by atoms with Crippen LogP contribution in [0.4, 0.5) is 4.79 Å². The highest BCUT2D eigenvalue weighted by Gasteiger charge is 2.19. The smallest absolute Gasteiger partial charge is 0.317 e. The van der Waals surface area contributed by atoms with E-state index in [1.54, 1.807) is 4.90 Å². The molecule has 1 aromatic carbocycles. The van der Waals surface area contributed by atoms with Crippen molar-refractivity contribution in [3.63, 3.8) is 0 Å². The zero-order chi connectivity index (χ0) is 16.2. The summed E-state index contributed by atoms with van der Waals surface area (Å²) in [5, 5.41) is 4.26. The summed E-state index contributed by atoms with van der Waals surface area (Å²) < 4.78 is 7.61. The van der Waals surface area contributed by atoms with Crippen molar-refractivity contribution in [2.75, 3.05) is 33.4 Å². The Hall–Kier alpha value is -2.01. The lowest BCUT2D eigenvalue weighted by Gasteiger charge is -2.21. The Morgan fingerprint density at radius 2 is 2.26 bits per heavy atom. The maximum Gasteiger partial charge on any atom is 0.317 e. The lowest BCUT2D eigenvalue weighted by atomic mass is 10.1. The van der Waals surface area contributed by atoms with Crippen molar-refractivity contribution >= 4 is 16.9 Å². The van der Waals surface area contributed by atoms with Crippen LogP contribution in [0.3, 0.4) is 0 Å². The first-order valence-electron chi connectivity index (χ1n) is 8.26. The Bertz CT molecular complexity index is 674. The summed E-state index contributed by atoms with van der Waals surface area (Å²) >= 11 is 0. The standard InChI is InChI=1S/C18H25N3O2/c1-14-11-16-5-3-4-6-17(16)21(14)9-8-19-18(22)20(2)12-15-7-10-23-13-15/h3-6,11,15H,7-10,12-13H2,1-2H3,(H,19,22)/t15-/m0/s1. The van der Waals surface area contributed by atoms with E-state index in [1.807, 2.05) is 13.1 Å². The number of urea groups is 1. The molecular weight excluding hydrogens is 290 g/mol. The fourth-order valence-electron chi connectivity index (χ4n) is 3.25. The molecule has 0 bridgehead atoms. The van der Waals surface area contributed by atoms with E-state index in [-0.39, 0.29) is 6.03 Å². The molecule has 1 aromatic heterocycles. The number of aromatic nitrogens is 1. The predicted molar refractivity (Wildman–Crippen MR) is 91.6 cm³/mol. The van der Waals surface area contributed by atoms with Crippen LogP contribution in [0, 0.1) is 12.8 Å². The molecule has 0 saturated carbocycles. The third-order valence-corrected chi connectivity index (χ3v) is 4.53. The SMILES string of the molecule is Cc1cc2ccccc2n1CCNC(=O)N(C)C[C@@H]1CCOC1. The molecular formula is C18H25N3O2. The number of hydrogen-bond donors (Lipinski definition) is 1. The van der Waals surface area contributed by atoms with Crippen LogP contribution in [-0.4, -0.2) is 48.8 Å². The van der Waals surface area contributed by atoms with Gasteiger partial charge in [0, 0.05) is 50.4 Å². The molecule has 1 fully saturated rings. The Balaban J connectivity index is 1.51.